The van der Waals surface area contributed by atoms with Crippen LogP contribution in [0.5, 0.6) is 0 Å². The summed E-state index contributed by atoms with van der Waals surface area (Å²) in [5, 5.41) is -3.01. The summed E-state index contributed by atoms with van der Waals surface area (Å²) < 4.78 is 177. The smallest absolute Gasteiger partial charge is 0.346 e. The summed E-state index contributed by atoms with van der Waals surface area (Å²) in [4.78, 5) is 51.2. The summed E-state index contributed by atoms with van der Waals surface area (Å²) in [7, 11) is 0. The van der Waals surface area contributed by atoms with E-state index in [1.54, 1.807) is 0 Å². The zero-order valence-electron chi connectivity index (χ0n) is 33.1. The number of benzene rings is 2. The highest BCUT2D eigenvalue weighted by Crippen LogP contribution is 2.30. The zero-order valence-corrected chi connectivity index (χ0v) is 15.9. The van der Waals surface area contributed by atoms with E-state index in [0.29, 0.717) is 0 Å². The van der Waals surface area contributed by atoms with Gasteiger partial charge in [0, 0.05) is 41.0 Å². The van der Waals surface area contributed by atoms with E-state index in [1.165, 1.54) is 0 Å². The van der Waals surface area contributed by atoms with E-state index in [-0.39, 0.29) is 0 Å². The minimum absolute atomic E-state index is 0.672. The van der Waals surface area contributed by atoms with Gasteiger partial charge in [-0.2, -0.15) is 8.78 Å². The Morgan fingerprint density at radius 1 is 1.38 bits per heavy atom. The lowest BCUT2D eigenvalue weighted by molar-refractivity contribution is -0.147. The molecule has 2 aliphatic heterocycles. The molecule has 1 unspecified atom stereocenters. The molecule has 10 heteroatoms. The van der Waals surface area contributed by atoms with E-state index in [1.807, 2.05) is 0 Å². The Labute approximate surface area is 212 Å². The number of nitrogens with one attached hydrogen (secondary N) is 2. The molecule has 0 aliphatic carbocycles. The number of imide groups is 1. The van der Waals surface area contributed by atoms with Crippen LogP contribution in [0.25, 0.3) is 0 Å². The Kier molecular flexibility index (Phi) is 2.31. The fourth-order valence-corrected chi connectivity index (χ4v) is 2.46. The number of rotatable bonds is 5. The number of hydrogen-bond donors (Lipinski definition) is 2. The second kappa shape index (κ2) is 8.31. The van der Waals surface area contributed by atoms with Gasteiger partial charge in [-0.15, -0.1) is 0 Å². The molecule has 7 nitrogen and oxygen atoms in total. The van der Waals surface area contributed by atoms with E-state index < -0.39 is 146 Å². The highest BCUT2D eigenvalue weighted by atomic mass is 35.5. The first-order valence-corrected chi connectivity index (χ1v) is 8.58. The van der Waals surface area contributed by atoms with E-state index in [9.17, 15) is 19.2 Å². The van der Waals surface area contributed by atoms with Crippen LogP contribution in [0.1, 0.15) is 61.7 Å². The van der Waals surface area contributed by atoms with Crippen molar-refractivity contribution in [3.8, 4) is 0 Å². The van der Waals surface area contributed by atoms with Crippen molar-refractivity contribution >= 4 is 35.2 Å². The largest absolute Gasteiger partial charge is 0.349 e. The van der Waals surface area contributed by atoms with Crippen LogP contribution in [0.3, 0.4) is 0 Å². The van der Waals surface area contributed by atoms with Crippen LogP contribution in [0.2, 0.25) is 7.85 Å². The maximum absolute atomic E-state index is 15.5. The van der Waals surface area contributed by atoms with Crippen molar-refractivity contribution in [3.63, 3.8) is 0 Å². The molecule has 4 amide bonds. The van der Waals surface area contributed by atoms with Crippen LogP contribution >= 0.6 is 11.6 Å². The standard InChI is InChI=1S/C22H18ClF2N3O4/c23-15-4-2-14(3-5-15)22(24,25)21(32)26-10-12-1-6-16-13(9-12)11-28(20(16)31)17-7-8-18(29)27-19(17)30/h1-6,9,17H,7-8,10-11H2,(H,26,32)(H,27,29,30)/i1D,2D,3D,4D,5D,6D,7D2,8D2,9D,10D2,11D2,17D/hD2. The molecule has 4 rings (SSSR count). The second-order valence-electron chi connectivity index (χ2n) is 5.87. The van der Waals surface area contributed by atoms with Gasteiger partial charge in [0.05, 0.1) is 16.4 Å². The minimum Gasteiger partial charge on any atom is -0.346 e. The maximum atomic E-state index is 15.5. The molecule has 2 aromatic carbocycles. The molecule has 1 saturated heterocycles. The third kappa shape index (κ3) is 4.08. The third-order valence-corrected chi connectivity index (χ3v) is 4.01. The highest BCUT2D eigenvalue weighted by molar-refractivity contribution is 6.30. The SMILES string of the molecule is [2H]c1c([2H])c(C(F)(F)C(=O)N([2H])C([2H])([2H])c2c([2H])c([2H])c3c(c2[2H])C([2H])([2H])N(C2([2H])C(=O)N([2H])C(=O)C([2H])([2H])C2([2H])[2H])C3=O)c([2H])c([2H])c1Cl. The maximum Gasteiger partial charge on any atom is 0.349 e. The predicted octanol–water partition coefficient (Wildman–Crippen LogP) is 2.51. The summed E-state index contributed by atoms with van der Waals surface area (Å²) in [5.41, 5.74) is -6.67. The molecule has 1 fully saturated rings. The van der Waals surface area contributed by atoms with Gasteiger partial charge in [-0.1, -0.05) is 35.8 Å². The molecule has 0 radical (unpaired) electrons. The molecule has 0 aromatic heterocycles. The van der Waals surface area contributed by atoms with Crippen LogP contribution in [0.15, 0.2) is 42.3 Å². The molecule has 2 N–H and O–H groups in total. The van der Waals surface area contributed by atoms with Gasteiger partial charge in [-0.25, -0.2) is 0 Å². The zero-order chi connectivity index (χ0) is 39.0. The van der Waals surface area contributed by atoms with Crippen molar-refractivity contribution in [3.05, 3.63) is 69.6 Å². The number of fused-ring (bicyclic) bond motifs is 1. The molecular weight excluding hydrogens is 444 g/mol. The first kappa shape index (κ1) is 8.90. The van der Waals surface area contributed by atoms with Gasteiger partial charge >= 0.3 is 5.92 Å². The fourth-order valence-electron chi connectivity index (χ4n) is 2.37. The van der Waals surface area contributed by atoms with Crippen LogP contribution in [-0.4, -0.2) is 34.5 Å². The van der Waals surface area contributed by atoms with Gasteiger partial charge in [0.1, 0.15) is 6.02 Å². The number of hydrogen-bond acceptors (Lipinski definition) is 4. The van der Waals surface area contributed by atoms with Gasteiger partial charge in [0.15, 0.2) is 2.82 Å². The summed E-state index contributed by atoms with van der Waals surface area (Å²) in [6.07, 6.45) is -8.17. The van der Waals surface area contributed by atoms with Crippen LogP contribution < -0.4 is 10.6 Å². The molecule has 1 atom stereocenters. The van der Waals surface area contributed by atoms with Crippen molar-refractivity contribution in [2.75, 3.05) is 0 Å². The Morgan fingerprint density at radius 3 is 2.81 bits per heavy atom. The van der Waals surface area contributed by atoms with E-state index in [2.05, 4.69) is 0 Å². The molecule has 2 aromatic rings. The van der Waals surface area contributed by atoms with Gasteiger partial charge in [-0.3, -0.25) is 24.5 Å². The van der Waals surface area contributed by atoms with E-state index in [0.717, 1.165) is 0 Å². The average Bonchev–Trinajstić information content (AvgIpc) is 3.23. The van der Waals surface area contributed by atoms with Crippen molar-refractivity contribution < 1.29 is 52.7 Å². The van der Waals surface area contributed by atoms with Crippen LogP contribution in [0.4, 0.5) is 8.78 Å². The Bertz CT molecular complexity index is 1920. The van der Waals surface area contributed by atoms with Crippen molar-refractivity contribution in [1.29, 1.82) is 0 Å². The number of carbonyl (C=O) groups excluding carboxylic acids is 4. The van der Waals surface area contributed by atoms with E-state index in [4.69, 9.17) is 36.4 Å². The molecule has 0 spiro atoms. The molecular formula is C22H18ClF2N3O4. The summed E-state index contributed by atoms with van der Waals surface area (Å²) in [5.74, 6) is -14.8. The van der Waals surface area contributed by atoms with E-state index >= 15 is 8.78 Å². The van der Waals surface area contributed by atoms with Gasteiger partial charge in [0.25, 0.3) is 11.8 Å². The minimum atomic E-state index is -5.27. The van der Waals surface area contributed by atoms with Crippen molar-refractivity contribution in [2.24, 2.45) is 0 Å². The van der Waals surface area contributed by atoms with Crippen LogP contribution in [-0.2, 0) is 33.3 Å². The average molecular weight is 480 g/mol. The Morgan fingerprint density at radius 2 is 2.09 bits per heavy atom. The lowest BCUT2D eigenvalue weighted by Gasteiger charge is -2.29. The number of amides is 4. The topological polar surface area (TPSA) is 95.6 Å². The third-order valence-electron chi connectivity index (χ3n) is 3.82. The van der Waals surface area contributed by atoms with Crippen molar-refractivity contribution in [1.82, 2.24) is 15.5 Å². The normalized spacial score (nSPS) is 34.3. The molecule has 32 heavy (non-hydrogen) atoms. The predicted molar refractivity (Wildman–Crippen MR) is 110 cm³/mol. The lowest BCUT2D eigenvalue weighted by Crippen LogP contribution is -2.52. The quantitative estimate of drug-likeness (QED) is 0.644. The van der Waals surface area contributed by atoms with Gasteiger partial charge in [0.2, 0.25) is 11.8 Å². The van der Waals surface area contributed by atoms with Gasteiger partial charge < -0.3 is 10.2 Å². The Balaban J connectivity index is 1.95. The number of alkyl halides is 2. The monoisotopic (exact) mass is 479 g/mol. The summed E-state index contributed by atoms with van der Waals surface area (Å²) in [6.45, 7) is -8.15. The first-order chi connectivity index (χ1) is 22.3. The first-order valence-electron chi connectivity index (χ1n) is 17.1. The molecule has 2 aliphatic rings. The summed E-state index contributed by atoms with van der Waals surface area (Å²) in [6, 6.07) is -14.8. The molecule has 166 valence electrons. The lowest BCUT2D eigenvalue weighted by atomic mass is 10.0. The molecule has 0 saturated carbocycles. The number of carbonyl (C=O) groups is 4. The number of halogens is 3. The van der Waals surface area contributed by atoms with Gasteiger partial charge in [-0.05, 0) is 35.6 Å². The molecule has 0 bridgehead atoms. The Hall–Kier alpha value is -3.33. The number of nitrogens with zero attached hydrogens (tertiary/aromatic N) is 1. The second-order valence-corrected chi connectivity index (χ2v) is 6.24. The number of piperidine rings is 1. The molecule has 2 heterocycles. The summed E-state index contributed by atoms with van der Waals surface area (Å²) >= 11 is 5.59. The van der Waals surface area contributed by atoms with Crippen molar-refractivity contribution in [2.45, 2.75) is 37.7 Å². The highest BCUT2D eigenvalue weighted by Gasteiger charge is 2.41. The van der Waals surface area contributed by atoms with Crippen LogP contribution in [0, 0.1) is 0 Å². The fraction of sp³-hybridized carbons (Fsp3) is 0.273.